The van der Waals surface area contributed by atoms with Crippen LogP contribution in [0.4, 0.5) is 13.6 Å². The van der Waals surface area contributed by atoms with Gasteiger partial charge in [-0.1, -0.05) is 6.07 Å². The van der Waals surface area contributed by atoms with Crippen LogP contribution in [0.5, 0.6) is 0 Å². The first kappa shape index (κ1) is 22.8. The molecule has 0 radical (unpaired) electrons. The Balaban J connectivity index is 2.87. The molecule has 6 nitrogen and oxygen atoms in total. The van der Waals surface area contributed by atoms with Crippen molar-refractivity contribution in [2.24, 2.45) is 0 Å². The molecule has 1 N–H and O–H groups in total. The third-order valence-corrected chi connectivity index (χ3v) is 3.61. The van der Waals surface area contributed by atoms with Crippen molar-refractivity contribution >= 4 is 12.0 Å². The van der Waals surface area contributed by atoms with Gasteiger partial charge in [0, 0.05) is 31.3 Å². The second-order valence-corrected chi connectivity index (χ2v) is 7.67. The maximum atomic E-state index is 14.0. The van der Waals surface area contributed by atoms with Crippen LogP contribution in [-0.4, -0.2) is 60.6 Å². The first-order valence-electron chi connectivity index (χ1n) is 8.76. The lowest BCUT2D eigenvalue weighted by Crippen LogP contribution is -2.49. The van der Waals surface area contributed by atoms with Gasteiger partial charge in [0.25, 0.3) is 0 Å². The molecule has 0 aliphatic carbocycles. The molecule has 0 spiro atoms. The van der Waals surface area contributed by atoms with Crippen LogP contribution < -0.4 is 5.32 Å². The Morgan fingerprint density at radius 2 is 1.81 bits per heavy atom. The van der Waals surface area contributed by atoms with Gasteiger partial charge < -0.3 is 19.9 Å². The quantitative estimate of drug-likeness (QED) is 0.784. The van der Waals surface area contributed by atoms with E-state index in [4.69, 9.17) is 4.74 Å². The molecule has 1 aromatic carbocycles. The van der Waals surface area contributed by atoms with E-state index in [2.05, 4.69) is 5.32 Å². The van der Waals surface area contributed by atoms with Crippen LogP contribution in [0.15, 0.2) is 18.2 Å². The number of nitrogens with one attached hydrogen (secondary N) is 1. The van der Waals surface area contributed by atoms with E-state index in [1.165, 1.54) is 17.9 Å². The van der Waals surface area contributed by atoms with Gasteiger partial charge in [-0.05, 0) is 47.9 Å². The standard InChI is InChI=1S/C19H29F2N3O3/c1-13(22-18(26)27-19(2,3)4)17(25)24(10-9-23(5)6)12-14-7-8-15(20)11-16(14)21/h7-8,11,13H,9-10,12H2,1-6H3,(H,22,26)/t13-/m1/s1. The van der Waals surface area contributed by atoms with Crippen LogP contribution in [-0.2, 0) is 16.1 Å². The highest BCUT2D eigenvalue weighted by Gasteiger charge is 2.25. The third-order valence-electron chi connectivity index (χ3n) is 3.61. The molecule has 2 amide bonds. The van der Waals surface area contributed by atoms with Crippen molar-refractivity contribution in [3.8, 4) is 0 Å². The van der Waals surface area contributed by atoms with Crippen molar-refractivity contribution in [3.63, 3.8) is 0 Å². The number of nitrogens with zero attached hydrogens (tertiary/aromatic N) is 2. The summed E-state index contributed by atoms with van der Waals surface area (Å²) in [6.45, 7) is 7.55. The summed E-state index contributed by atoms with van der Waals surface area (Å²) in [5.41, 5.74) is -0.484. The van der Waals surface area contributed by atoms with Crippen molar-refractivity contribution in [2.75, 3.05) is 27.2 Å². The molecule has 8 heteroatoms. The normalized spacial score (nSPS) is 12.6. The summed E-state index contributed by atoms with van der Waals surface area (Å²) in [5, 5.41) is 2.49. The Bertz CT molecular complexity index is 660. The minimum Gasteiger partial charge on any atom is -0.444 e. The first-order valence-corrected chi connectivity index (χ1v) is 8.76. The number of carbonyl (C=O) groups excluding carboxylic acids is 2. The zero-order chi connectivity index (χ0) is 20.8. The molecule has 1 aromatic rings. The number of alkyl carbamates (subject to hydrolysis) is 1. The SMILES string of the molecule is C[C@@H](NC(=O)OC(C)(C)C)C(=O)N(CCN(C)C)Cc1ccc(F)cc1F. The minimum absolute atomic E-state index is 0.0286. The van der Waals surface area contributed by atoms with Gasteiger partial charge >= 0.3 is 6.09 Å². The highest BCUT2D eigenvalue weighted by atomic mass is 19.1. The van der Waals surface area contributed by atoms with E-state index in [0.29, 0.717) is 13.1 Å². The summed E-state index contributed by atoms with van der Waals surface area (Å²) < 4.78 is 32.3. The van der Waals surface area contributed by atoms with Crippen molar-refractivity contribution in [1.82, 2.24) is 15.1 Å². The lowest BCUT2D eigenvalue weighted by Gasteiger charge is -2.28. The number of rotatable bonds is 7. The van der Waals surface area contributed by atoms with Crippen molar-refractivity contribution < 1.29 is 23.1 Å². The molecule has 0 bridgehead atoms. The molecule has 152 valence electrons. The van der Waals surface area contributed by atoms with Gasteiger partial charge in [-0.15, -0.1) is 0 Å². The average molecular weight is 385 g/mol. The Kier molecular flexibility index (Phi) is 8.15. The number of carbonyl (C=O) groups is 2. The monoisotopic (exact) mass is 385 g/mol. The molecule has 27 heavy (non-hydrogen) atoms. The van der Waals surface area contributed by atoms with Gasteiger partial charge in [-0.3, -0.25) is 4.79 Å². The lowest BCUT2D eigenvalue weighted by atomic mass is 10.1. The number of hydrogen-bond donors (Lipinski definition) is 1. The average Bonchev–Trinajstić information content (AvgIpc) is 2.50. The molecule has 1 rings (SSSR count). The smallest absolute Gasteiger partial charge is 0.408 e. The fourth-order valence-electron chi connectivity index (χ4n) is 2.26. The van der Waals surface area contributed by atoms with Gasteiger partial charge in [0.2, 0.25) is 5.91 Å². The molecular formula is C19H29F2N3O3. The first-order chi connectivity index (χ1) is 12.4. The second kappa shape index (κ2) is 9.64. The fourth-order valence-corrected chi connectivity index (χ4v) is 2.26. The maximum Gasteiger partial charge on any atom is 0.408 e. The molecule has 0 aliphatic heterocycles. The predicted molar refractivity (Wildman–Crippen MR) is 99.2 cm³/mol. The summed E-state index contributed by atoms with van der Waals surface area (Å²) in [7, 11) is 3.70. The van der Waals surface area contributed by atoms with Crippen molar-refractivity contribution in [2.45, 2.75) is 45.9 Å². The largest absolute Gasteiger partial charge is 0.444 e. The van der Waals surface area contributed by atoms with Gasteiger partial charge in [0.05, 0.1) is 0 Å². The lowest BCUT2D eigenvalue weighted by molar-refractivity contribution is -0.133. The second-order valence-electron chi connectivity index (χ2n) is 7.67. The van der Waals surface area contributed by atoms with Crippen LogP contribution in [0.2, 0.25) is 0 Å². The van der Waals surface area contributed by atoms with E-state index < -0.39 is 29.4 Å². The van der Waals surface area contributed by atoms with Crippen LogP contribution in [0.25, 0.3) is 0 Å². The van der Waals surface area contributed by atoms with Gasteiger partial charge in [-0.25, -0.2) is 13.6 Å². The van der Waals surface area contributed by atoms with Crippen molar-refractivity contribution in [3.05, 3.63) is 35.4 Å². The molecule has 0 fully saturated rings. The molecule has 0 aromatic heterocycles. The van der Waals surface area contributed by atoms with E-state index in [-0.39, 0.29) is 18.0 Å². The maximum absolute atomic E-state index is 14.0. The molecule has 0 heterocycles. The van der Waals surface area contributed by atoms with Crippen molar-refractivity contribution in [1.29, 1.82) is 0 Å². The van der Waals surface area contributed by atoms with E-state index >= 15 is 0 Å². The topological polar surface area (TPSA) is 61.9 Å². The number of ether oxygens (including phenoxy) is 1. The molecular weight excluding hydrogens is 356 g/mol. The molecule has 0 aliphatic rings. The fraction of sp³-hybridized carbons (Fsp3) is 0.579. The number of amides is 2. The van der Waals surface area contributed by atoms with Crippen LogP contribution >= 0.6 is 0 Å². The Morgan fingerprint density at radius 1 is 1.19 bits per heavy atom. The van der Waals surface area contributed by atoms with E-state index in [1.54, 1.807) is 20.8 Å². The number of hydrogen-bond acceptors (Lipinski definition) is 4. The zero-order valence-corrected chi connectivity index (χ0v) is 16.8. The van der Waals surface area contributed by atoms with Gasteiger partial charge in [0.1, 0.15) is 23.3 Å². The third kappa shape index (κ3) is 8.34. The van der Waals surface area contributed by atoms with E-state index in [1.807, 2.05) is 19.0 Å². The van der Waals surface area contributed by atoms with Crippen LogP contribution in [0, 0.1) is 11.6 Å². The Morgan fingerprint density at radius 3 is 2.33 bits per heavy atom. The Hall–Kier alpha value is -2.22. The van der Waals surface area contributed by atoms with E-state index in [0.717, 1.165) is 12.1 Å². The highest BCUT2D eigenvalue weighted by molar-refractivity contribution is 5.85. The Labute approximate surface area is 159 Å². The summed E-state index contributed by atoms with van der Waals surface area (Å²) in [6.07, 6.45) is -0.705. The number of benzene rings is 1. The summed E-state index contributed by atoms with van der Waals surface area (Å²) >= 11 is 0. The summed E-state index contributed by atoms with van der Waals surface area (Å²) in [6, 6.07) is 2.39. The highest BCUT2D eigenvalue weighted by Crippen LogP contribution is 2.13. The minimum atomic E-state index is -0.856. The van der Waals surface area contributed by atoms with Crippen LogP contribution in [0.3, 0.4) is 0 Å². The zero-order valence-electron chi connectivity index (χ0n) is 16.8. The molecule has 0 saturated carbocycles. The predicted octanol–water partition coefficient (Wildman–Crippen LogP) is 2.77. The number of likely N-dealkylation sites (N-methyl/N-ethyl adjacent to an activating group) is 1. The molecule has 0 unspecified atom stereocenters. The summed E-state index contributed by atoms with van der Waals surface area (Å²) in [5.74, 6) is -1.78. The molecule has 0 saturated heterocycles. The van der Waals surface area contributed by atoms with Crippen LogP contribution in [0.1, 0.15) is 33.3 Å². The van der Waals surface area contributed by atoms with E-state index in [9.17, 15) is 18.4 Å². The number of halogens is 2. The summed E-state index contributed by atoms with van der Waals surface area (Å²) in [4.78, 5) is 28.0. The molecule has 1 atom stereocenters. The van der Waals surface area contributed by atoms with Gasteiger partial charge in [-0.2, -0.15) is 0 Å². The van der Waals surface area contributed by atoms with Gasteiger partial charge in [0.15, 0.2) is 0 Å².